The monoisotopic (exact) mass is 337 g/mol. The molecule has 0 unspecified atom stereocenters. The molecule has 2 nitrogen and oxygen atoms in total. The number of rotatable bonds is 3. The molecule has 0 radical (unpaired) electrons. The predicted octanol–water partition coefficient (Wildman–Crippen LogP) is 5.12. The molecule has 2 aromatic rings. The van der Waals surface area contributed by atoms with Gasteiger partial charge in [0.15, 0.2) is 0 Å². The second-order valence-corrected chi connectivity index (χ2v) is 9.73. The Kier molecular flexibility index (Phi) is 4.60. The van der Waals surface area contributed by atoms with E-state index in [2.05, 4.69) is 26.8 Å². The first-order valence-corrected chi connectivity index (χ1v) is 10.0. The van der Waals surface area contributed by atoms with Gasteiger partial charge in [-0.15, -0.1) is 0 Å². The van der Waals surface area contributed by atoms with Crippen LogP contribution in [0.5, 0.6) is 0 Å². The highest BCUT2D eigenvalue weighted by molar-refractivity contribution is 7.77. The molecule has 0 spiro atoms. The molecule has 0 amide bonds. The van der Waals surface area contributed by atoms with Crippen LogP contribution in [0, 0.1) is 5.41 Å². The lowest BCUT2D eigenvalue weighted by atomic mass is 9.77. The van der Waals surface area contributed by atoms with Crippen molar-refractivity contribution in [3.05, 3.63) is 72.3 Å². The summed E-state index contributed by atoms with van der Waals surface area (Å²) in [5.41, 5.74) is 2.41. The zero-order valence-electron chi connectivity index (χ0n) is 14.6. The van der Waals surface area contributed by atoms with Crippen molar-refractivity contribution in [1.82, 2.24) is 0 Å². The number of allylic oxidation sites excluding steroid dienone is 2. The van der Waals surface area contributed by atoms with Crippen molar-refractivity contribution in [2.75, 3.05) is 0 Å². The summed E-state index contributed by atoms with van der Waals surface area (Å²) in [6.45, 7) is 6.62. The molecule has 0 N–H and O–H groups in total. The number of hydrogen-bond acceptors (Lipinski definition) is 1. The SMILES string of the molecule is CC1=C/C(=N/P(=O)(c2ccccc2)c2ccccc2)CC(C)(C)C1. The first kappa shape index (κ1) is 16.9. The summed E-state index contributed by atoms with van der Waals surface area (Å²) < 4.78 is 18.8. The van der Waals surface area contributed by atoms with Gasteiger partial charge in [0, 0.05) is 16.3 Å². The molecule has 1 aliphatic carbocycles. The lowest BCUT2D eigenvalue weighted by molar-refractivity contribution is 0.373. The Labute approximate surface area is 144 Å². The molecule has 0 atom stereocenters. The molecule has 2 aromatic carbocycles. The van der Waals surface area contributed by atoms with Crippen molar-refractivity contribution in [2.45, 2.75) is 33.6 Å². The van der Waals surface area contributed by atoms with Crippen molar-refractivity contribution >= 4 is 23.6 Å². The fourth-order valence-electron chi connectivity index (χ4n) is 3.46. The fourth-order valence-corrected chi connectivity index (χ4v) is 5.64. The van der Waals surface area contributed by atoms with Gasteiger partial charge >= 0.3 is 0 Å². The third kappa shape index (κ3) is 3.60. The molecule has 0 heterocycles. The van der Waals surface area contributed by atoms with E-state index in [0.29, 0.717) is 0 Å². The highest BCUT2D eigenvalue weighted by atomic mass is 31.2. The third-order valence-electron chi connectivity index (χ3n) is 4.31. The van der Waals surface area contributed by atoms with E-state index < -0.39 is 7.29 Å². The molecule has 3 rings (SSSR count). The molecule has 124 valence electrons. The molecule has 24 heavy (non-hydrogen) atoms. The average molecular weight is 337 g/mol. The van der Waals surface area contributed by atoms with Gasteiger partial charge in [-0.2, -0.15) is 0 Å². The Morgan fingerprint density at radius 3 is 1.83 bits per heavy atom. The van der Waals surface area contributed by atoms with Crippen LogP contribution in [0.15, 0.2) is 77.1 Å². The van der Waals surface area contributed by atoms with Gasteiger partial charge in [-0.25, -0.2) is 4.76 Å². The number of benzene rings is 2. The maximum Gasteiger partial charge on any atom is 0.247 e. The second kappa shape index (κ2) is 6.53. The van der Waals surface area contributed by atoms with E-state index in [4.69, 9.17) is 4.76 Å². The van der Waals surface area contributed by atoms with Crippen LogP contribution in [0.25, 0.3) is 0 Å². The van der Waals surface area contributed by atoms with E-state index in [1.54, 1.807) is 0 Å². The van der Waals surface area contributed by atoms with Crippen LogP contribution in [-0.2, 0) is 4.57 Å². The average Bonchev–Trinajstić information content (AvgIpc) is 2.54. The molecule has 3 heteroatoms. The van der Waals surface area contributed by atoms with Crippen LogP contribution in [-0.4, -0.2) is 5.71 Å². The van der Waals surface area contributed by atoms with E-state index in [1.165, 1.54) is 5.57 Å². The van der Waals surface area contributed by atoms with Gasteiger partial charge in [-0.05, 0) is 55.5 Å². The molecule has 0 saturated heterocycles. The van der Waals surface area contributed by atoms with Gasteiger partial charge in [-0.1, -0.05) is 55.8 Å². The Morgan fingerprint density at radius 2 is 1.38 bits per heavy atom. The first-order chi connectivity index (χ1) is 11.4. The maximum absolute atomic E-state index is 14.0. The van der Waals surface area contributed by atoms with Crippen molar-refractivity contribution in [2.24, 2.45) is 10.2 Å². The number of nitrogens with zero attached hydrogens (tertiary/aromatic N) is 1. The smallest absolute Gasteiger partial charge is 0.247 e. The van der Waals surface area contributed by atoms with Crippen LogP contribution in [0.3, 0.4) is 0 Å². The second-order valence-electron chi connectivity index (χ2n) is 7.35. The number of hydrogen-bond donors (Lipinski definition) is 0. The predicted molar refractivity (Wildman–Crippen MR) is 104 cm³/mol. The largest absolute Gasteiger partial charge is 0.288 e. The van der Waals surface area contributed by atoms with Crippen molar-refractivity contribution < 1.29 is 4.57 Å². The van der Waals surface area contributed by atoms with E-state index in [0.717, 1.165) is 29.2 Å². The molecule has 0 fully saturated rings. The van der Waals surface area contributed by atoms with E-state index in [9.17, 15) is 4.57 Å². The van der Waals surface area contributed by atoms with Crippen molar-refractivity contribution in [1.29, 1.82) is 0 Å². The quantitative estimate of drug-likeness (QED) is 0.715. The molecule has 0 saturated carbocycles. The normalized spacial score (nSPS) is 19.1. The van der Waals surface area contributed by atoms with Crippen LogP contribution >= 0.6 is 7.29 Å². The zero-order chi connectivity index (χ0) is 17.2. The topological polar surface area (TPSA) is 29.4 Å². The lowest BCUT2D eigenvalue weighted by Gasteiger charge is -2.30. The molecular formula is C21H24NOP. The van der Waals surface area contributed by atoms with Gasteiger partial charge in [0.05, 0.1) is 0 Å². The van der Waals surface area contributed by atoms with E-state index in [-0.39, 0.29) is 5.41 Å². The lowest BCUT2D eigenvalue weighted by Crippen LogP contribution is -2.23. The Balaban J connectivity index is 2.15. The fraction of sp³-hybridized carbons (Fsp3) is 0.286. The zero-order valence-corrected chi connectivity index (χ0v) is 15.5. The highest BCUT2D eigenvalue weighted by Gasteiger charge is 2.30. The van der Waals surface area contributed by atoms with Crippen LogP contribution in [0.2, 0.25) is 0 Å². The Morgan fingerprint density at radius 1 is 0.875 bits per heavy atom. The summed E-state index contributed by atoms with van der Waals surface area (Å²) in [7, 11) is -3.03. The van der Waals surface area contributed by atoms with Crippen molar-refractivity contribution in [3.63, 3.8) is 0 Å². The van der Waals surface area contributed by atoms with Gasteiger partial charge in [0.25, 0.3) is 0 Å². The molecule has 1 aliphatic rings. The minimum atomic E-state index is -3.03. The minimum absolute atomic E-state index is 0.163. The molecular weight excluding hydrogens is 313 g/mol. The summed E-state index contributed by atoms with van der Waals surface area (Å²) in [6.07, 6.45) is 4.03. The molecule has 0 aliphatic heterocycles. The summed E-state index contributed by atoms with van der Waals surface area (Å²) in [5, 5.41) is 1.58. The summed E-state index contributed by atoms with van der Waals surface area (Å²) in [6, 6.07) is 19.3. The van der Waals surface area contributed by atoms with Gasteiger partial charge in [0.1, 0.15) is 0 Å². The van der Waals surface area contributed by atoms with E-state index in [1.807, 2.05) is 60.7 Å². The van der Waals surface area contributed by atoms with Crippen molar-refractivity contribution in [3.8, 4) is 0 Å². The van der Waals surface area contributed by atoms with E-state index >= 15 is 0 Å². The van der Waals surface area contributed by atoms with Crippen LogP contribution < -0.4 is 10.6 Å². The van der Waals surface area contributed by atoms with Crippen LogP contribution in [0.4, 0.5) is 0 Å². The summed E-state index contributed by atoms with van der Waals surface area (Å²) in [5.74, 6) is 0. The molecule has 0 aromatic heterocycles. The maximum atomic E-state index is 14.0. The third-order valence-corrected chi connectivity index (χ3v) is 6.85. The van der Waals surface area contributed by atoms with Gasteiger partial charge < -0.3 is 0 Å². The Hall–Kier alpha value is -1.92. The first-order valence-electron chi connectivity index (χ1n) is 8.37. The van der Waals surface area contributed by atoms with Crippen LogP contribution in [0.1, 0.15) is 33.6 Å². The van der Waals surface area contributed by atoms with Gasteiger partial charge in [-0.3, -0.25) is 4.57 Å². The summed E-state index contributed by atoms with van der Waals surface area (Å²) in [4.78, 5) is 0. The molecule has 0 bridgehead atoms. The van der Waals surface area contributed by atoms with Gasteiger partial charge in [0.2, 0.25) is 7.29 Å². The highest BCUT2D eigenvalue weighted by Crippen LogP contribution is 2.47. The Bertz CT molecular complexity index is 776. The standard InChI is InChI=1S/C21H24NOP/c1-17-14-18(16-21(2,3)15-17)22-24(23,19-10-6-4-7-11-19)20-12-8-5-9-13-20/h4-14H,15-16H2,1-3H3/b22-18-. The minimum Gasteiger partial charge on any atom is -0.288 e. The summed E-state index contributed by atoms with van der Waals surface area (Å²) >= 11 is 0.